The summed E-state index contributed by atoms with van der Waals surface area (Å²) in [5.41, 5.74) is 2.29. The number of ether oxygens (including phenoxy) is 2. The Labute approximate surface area is 205 Å². The summed E-state index contributed by atoms with van der Waals surface area (Å²) in [5.74, 6) is 0.923. The summed E-state index contributed by atoms with van der Waals surface area (Å²) in [6, 6.07) is 17.7. The number of sulfonamides is 1. The van der Waals surface area contributed by atoms with Gasteiger partial charge in [0.1, 0.15) is 17.6 Å². The van der Waals surface area contributed by atoms with E-state index in [-0.39, 0.29) is 23.6 Å². The average molecular weight is 496 g/mol. The van der Waals surface area contributed by atoms with Crippen LogP contribution < -0.4 is 9.62 Å². The quantitative estimate of drug-likeness (QED) is 0.351. The second-order valence-corrected chi connectivity index (χ2v) is 9.87. The molecule has 2 heterocycles. The van der Waals surface area contributed by atoms with Crippen molar-refractivity contribution in [2.45, 2.75) is 13.8 Å². The molecule has 4 rings (SSSR count). The predicted molar refractivity (Wildman–Crippen MR) is 136 cm³/mol. The minimum atomic E-state index is -3.98. The van der Waals surface area contributed by atoms with E-state index in [0.717, 1.165) is 42.6 Å². The molecule has 0 aliphatic carbocycles. The molecule has 8 nitrogen and oxygen atoms in total. The molecule has 0 atom stereocenters. The van der Waals surface area contributed by atoms with Crippen molar-refractivity contribution in [2.24, 2.45) is 0 Å². The van der Waals surface area contributed by atoms with Gasteiger partial charge in [-0.2, -0.15) is 5.26 Å². The Bertz CT molecular complexity index is 1370. The van der Waals surface area contributed by atoms with Crippen LogP contribution in [-0.2, 0) is 19.5 Å². The summed E-state index contributed by atoms with van der Waals surface area (Å²) in [7, 11) is -3.98. The van der Waals surface area contributed by atoms with E-state index in [1.54, 1.807) is 25.1 Å². The fraction of sp³-hybridized carbons (Fsp3) is 0.346. The van der Waals surface area contributed by atoms with Crippen molar-refractivity contribution >= 4 is 32.1 Å². The van der Waals surface area contributed by atoms with Crippen molar-refractivity contribution in [3.63, 3.8) is 0 Å². The lowest BCUT2D eigenvalue weighted by Crippen LogP contribution is -2.36. The molecule has 1 aliphatic heterocycles. The zero-order valence-corrected chi connectivity index (χ0v) is 20.7. The van der Waals surface area contributed by atoms with E-state index in [2.05, 4.69) is 27.8 Å². The molecule has 1 fully saturated rings. The number of rotatable bonds is 9. The maximum atomic E-state index is 12.6. The van der Waals surface area contributed by atoms with E-state index < -0.39 is 10.0 Å². The second kappa shape index (κ2) is 11.1. The standard InChI is InChI=1S/C26H29N3O5S/c1-3-32-13-10-28-35(30,31)26(18-27)19(2)24-8-9-25(34-24)22-5-4-21-17-23(7-6-20(21)16-22)29-11-14-33-15-12-29/h4-9,16-17,28H,3,10-15H2,1-2H3/b26-19+. The third-order valence-electron chi connectivity index (χ3n) is 5.91. The number of nitriles is 1. The highest BCUT2D eigenvalue weighted by Crippen LogP contribution is 2.31. The highest BCUT2D eigenvalue weighted by Gasteiger charge is 2.22. The molecule has 2 aromatic carbocycles. The third-order valence-corrected chi connectivity index (χ3v) is 7.43. The Morgan fingerprint density at radius 1 is 1.11 bits per heavy atom. The number of benzene rings is 2. The van der Waals surface area contributed by atoms with E-state index in [1.165, 1.54) is 5.69 Å². The molecule has 184 valence electrons. The number of hydrogen-bond donors (Lipinski definition) is 1. The first kappa shape index (κ1) is 24.9. The molecule has 0 bridgehead atoms. The van der Waals surface area contributed by atoms with Crippen molar-refractivity contribution < 1.29 is 22.3 Å². The highest BCUT2D eigenvalue weighted by molar-refractivity contribution is 7.93. The van der Waals surface area contributed by atoms with Crippen molar-refractivity contribution in [2.75, 3.05) is 51.0 Å². The van der Waals surface area contributed by atoms with Gasteiger partial charge in [0, 0.05) is 43.1 Å². The number of furan rings is 1. The van der Waals surface area contributed by atoms with Crippen LogP contribution in [-0.4, -0.2) is 54.5 Å². The second-order valence-electron chi connectivity index (χ2n) is 8.17. The van der Waals surface area contributed by atoms with Gasteiger partial charge < -0.3 is 18.8 Å². The van der Waals surface area contributed by atoms with Gasteiger partial charge in [0.2, 0.25) is 0 Å². The summed E-state index contributed by atoms with van der Waals surface area (Å²) < 4.78 is 44.2. The summed E-state index contributed by atoms with van der Waals surface area (Å²) in [5, 5.41) is 11.7. The Kier molecular flexibility index (Phi) is 7.88. The maximum Gasteiger partial charge on any atom is 0.251 e. The van der Waals surface area contributed by atoms with Gasteiger partial charge in [-0.3, -0.25) is 0 Å². The molecule has 35 heavy (non-hydrogen) atoms. The zero-order valence-electron chi connectivity index (χ0n) is 19.9. The number of nitrogens with zero attached hydrogens (tertiary/aromatic N) is 2. The molecule has 0 spiro atoms. The summed E-state index contributed by atoms with van der Waals surface area (Å²) in [6.07, 6.45) is 0. The van der Waals surface area contributed by atoms with Gasteiger partial charge in [-0.25, -0.2) is 13.1 Å². The molecule has 3 aromatic rings. The van der Waals surface area contributed by atoms with E-state index >= 15 is 0 Å². The van der Waals surface area contributed by atoms with E-state index in [9.17, 15) is 13.7 Å². The lowest BCUT2D eigenvalue weighted by Gasteiger charge is -2.29. The van der Waals surface area contributed by atoms with Crippen molar-refractivity contribution in [1.29, 1.82) is 5.26 Å². The summed E-state index contributed by atoms with van der Waals surface area (Å²) in [4.78, 5) is 1.95. The van der Waals surface area contributed by atoms with Crippen molar-refractivity contribution in [3.05, 3.63) is 59.2 Å². The van der Waals surface area contributed by atoms with Gasteiger partial charge in [0.15, 0.2) is 4.91 Å². The van der Waals surface area contributed by atoms with Gasteiger partial charge in [-0.15, -0.1) is 0 Å². The monoisotopic (exact) mass is 495 g/mol. The molecule has 0 radical (unpaired) electrons. The van der Waals surface area contributed by atoms with Gasteiger partial charge in [-0.1, -0.05) is 18.2 Å². The topological polar surface area (TPSA) is 105 Å². The first-order chi connectivity index (χ1) is 16.9. The minimum absolute atomic E-state index is 0.0857. The largest absolute Gasteiger partial charge is 0.456 e. The molecule has 1 saturated heterocycles. The smallest absolute Gasteiger partial charge is 0.251 e. The van der Waals surface area contributed by atoms with Crippen LogP contribution in [0.1, 0.15) is 19.6 Å². The molecule has 1 aromatic heterocycles. The first-order valence-corrected chi connectivity index (χ1v) is 13.1. The van der Waals surface area contributed by atoms with Crippen LogP contribution in [0.4, 0.5) is 5.69 Å². The SMILES string of the molecule is CCOCCNS(=O)(=O)/C(C#N)=C(\C)c1ccc(-c2ccc3cc(N4CCOCC4)ccc3c2)o1. The molecule has 1 N–H and O–H groups in total. The lowest BCUT2D eigenvalue weighted by atomic mass is 10.0. The Hall–Kier alpha value is -3.16. The fourth-order valence-corrected chi connectivity index (χ4v) is 5.14. The van der Waals surface area contributed by atoms with Crippen LogP contribution in [0.25, 0.3) is 27.7 Å². The van der Waals surface area contributed by atoms with Crippen LogP contribution in [0.3, 0.4) is 0 Å². The molecule has 0 saturated carbocycles. The van der Waals surface area contributed by atoms with Gasteiger partial charge in [0.05, 0.1) is 19.8 Å². The number of nitrogens with one attached hydrogen (secondary N) is 1. The minimum Gasteiger partial charge on any atom is -0.456 e. The molecule has 1 aliphatic rings. The number of allylic oxidation sites excluding steroid dienone is 2. The van der Waals surface area contributed by atoms with Crippen LogP contribution in [0, 0.1) is 11.3 Å². The van der Waals surface area contributed by atoms with Crippen molar-refractivity contribution in [3.8, 4) is 17.4 Å². The number of fused-ring (bicyclic) bond motifs is 1. The number of anilines is 1. The predicted octanol–water partition coefficient (Wildman–Crippen LogP) is 4.15. The molecular weight excluding hydrogens is 466 g/mol. The Morgan fingerprint density at radius 2 is 1.86 bits per heavy atom. The van der Waals surface area contributed by atoms with E-state index in [0.29, 0.717) is 18.1 Å². The van der Waals surface area contributed by atoms with Gasteiger partial charge in [0.25, 0.3) is 10.0 Å². The van der Waals surface area contributed by atoms with E-state index in [4.69, 9.17) is 13.9 Å². The highest BCUT2D eigenvalue weighted by atomic mass is 32.2. The van der Waals surface area contributed by atoms with Crippen LogP contribution in [0.15, 0.2) is 57.9 Å². The first-order valence-electron chi connectivity index (χ1n) is 11.6. The molecule has 9 heteroatoms. The van der Waals surface area contributed by atoms with Crippen molar-refractivity contribution in [1.82, 2.24) is 4.72 Å². The summed E-state index contributed by atoms with van der Waals surface area (Å²) in [6.45, 7) is 7.44. The Morgan fingerprint density at radius 3 is 2.60 bits per heavy atom. The Balaban J connectivity index is 1.56. The zero-order chi connectivity index (χ0) is 24.8. The molecule has 0 amide bonds. The number of morpholine rings is 1. The maximum absolute atomic E-state index is 12.6. The molecular formula is C26H29N3O5S. The third kappa shape index (κ3) is 5.74. The normalized spacial score (nSPS) is 15.2. The average Bonchev–Trinajstić information content (AvgIpc) is 3.37. The number of hydrogen-bond acceptors (Lipinski definition) is 7. The fourth-order valence-electron chi connectivity index (χ4n) is 4.02. The van der Waals surface area contributed by atoms with E-state index in [1.807, 2.05) is 25.1 Å². The van der Waals surface area contributed by atoms with Gasteiger partial charge >= 0.3 is 0 Å². The lowest BCUT2D eigenvalue weighted by molar-refractivity contribution is 0.122. The molecule has 0 unspecified atom stereocenters. The van der Waals surface area contributed by atoms with Crippen LogP contribution in [0.2, 0.25) is 0 Å². The summed E-state index contributed by atoms with van der Waals surface area (Å²) >= 11 is 0. The van der Waals surface area contributed by atoms with Crippen LogP contribution in [0.5, 0.6) is 0 Å². The van der Waals surface area contributed by atoms with Gasteiger partial charge in [-0.05, 0) is 55.0 Å². The van der Waals surface area contributed by atoms with Crippen LogP contribution >= 0.6 is 0 Å².